The van der Waals surface area contributed by atoms with Crippen molar-refractivity contribution in [3.63, 3.8) is 0 Å². The highest BCUT2D eigenvalue weighted by molar-refractivity contribution is 6.30. The molecule has 1 aliphatic heterocycles. The molecule has 156 valence electrons. The van der Waals surface area contributed by atoms with Gasteiger partial charge in [-0.25, -0.2) is 9.48 Å². The molecular formula is C21H27ClN4O3. The highest BCUT2D eigenvalue weighted by atomic mass is 35.5. The zero-order chi connectivity index (χ0) is 21.2. The molecule has 1 fully saturated rings. The minimum absolute atomic E-state index is 0.0138. The van der Waals surface area contributed by atoms with Crippen molar-refractivity contribution < 1.29 is 14.3 Å². The lowest BCUT2D eigenvalue weighted by atomic mass is 9.94. The number of benzene rings is 1. The normalized spacial score (nSPS) is 19.7. The Labute approximate surface area is 176 Å². The number of halogens is 1. The topological polar surface area (TPSA) is 76.5 Å². The molecule has 0 radical (unpaired) electrons. The van der Waals surface area contributed by atoms with Crippen molar-refractivity contribution in [3.05, 3.63) is 47.2 Å². The number of rotatable bonds is 3. The van der Waals surface area contributed by atoms with Crippen LogP contribution in [0.1, 0.15) is 44.5 Å². The van der Waals surface area contributed by atoms with Crippen LogP contribution in [0.2, 0.25) is 5.02 Å². The van der Waals surface area contributed by atoms with Gasteiger partial charge in [0.2, 0.25) is 0 Å². The summed E-state index contributed by atoms with van der Waals surface area (Å²) in [5, 5.41) is 7.98. The molecule has 3 rings (SSSR count). The van der Waals surface area contributed by atoms with Gasteiger partial charge in [-0.05, 0) is 57.4 Å². The van der Waals surface area contributed by atoms with Crippen LogP contribution in [0.3, 0.4) is 0 Å². The molecule has 2 atom stereocenters. The first kappa shape index (κ1) is 21.2. The Bertz CT molecular complexity index is 873. The van der Waals surface area contributed by atoms with Crippen molar-refractivity contribution >= 4 is 23.6 Å². The van der Waals surface area contributed by atoms with Gasteiger partial charge in [0.25, 0.3) is 5.91 Å². The van der Waals surface area contributed by atoms with E-state index in [9.17, 15) is 9.59 Å². The Morgan fingerprint density at radius 3 is 2.55 bits per heavy atom. The smallest absolute Gasteiger partial charge is 0.410 e. The monoisotopic (exact) mass is 418 g/mol. The highest BCUT2D eigenvalue weighted by Gasteiger charge is 2.32. The number of piperidine rings is 1. The van der Waals surface area contributed by atoms with Crippen LogP contribution >= 0.6 is 11.6 Å². The van der Waals surface area contributed by atoms with Crippen LogP contribution in [0.5, 0.6) is 0 Å². The third-order valence-electron chi connectivity index (χ3n) is 4.81. The minimum Gasteiger partial charge on any atom is -0.444 e. The van der Waals surface area contributed by atoms with Gasteiger partial charge < -0.3 is 15.0 Å². The van der Waals surface area contributed by atoms with E-state index in [2.05, 4.69) is 10.4 Å². The van der Waals surface area contributed by atoms with E-state index in [-0.39, 0.29) is 24.0 Å². The van der Waals surface area contributed by atoms with Gasteiger partial charge in [-0.1, -0.05) is 18.5 Å². The zero-order valence-corrected chi connectivity index (χ0v) is 17.9. The van der Waals surface area contributed by atoms with Gasteiger partial charge in [0.15, 0.2) is 0 Å². The fourth-order valence-corrected chi connectivity index (χ4v) is 3.41. The molecule has 2 heterocycles. The molecule has 1 saturated heterocycles. The van der Waals surface area contributed by atoms with Gasteiger partial charge in [-0.3, -0.25) is 4.79 Å². The number of amides is 2. The van der Waals surface area contributed by atoms with E-state index in [1.54, 1.807) is 34.1 Å². The van der Waals surface area contributed by atoms with E-state index in [0.29, 0.717) is 30.1 Å². The van der Waals surface area contributed by atoms with Crippen LogP contribution in [0.25, 0.3) is 5.69 Å². The average Bonchev–Trinajstić information content (AvgIpc) is 3.12. The van der Waals surface area contributed by atoms with Crippen molar-refractivity contribution in [2.45, 2.75) is 45.8 Å². The van der Waals surface area contributed by atoms with Crippen molar-refractivity contribution in [1.29, 1.82) is 0 Å². The third kappa shape index (κ3) is 5.50. The molecule has 1 aromatic heterocycles. The summed E-state index contributed by atoms with van der Waals surface area (Å²) < 4.78 is 7.08. The minimum atomic E-state index is -0.518. The van der Waals surface area contributed by atoms with Crippen molar-refractivity contribution in [2.24, 2.45) is 5.92 Å². The van der Waals surface area contributed by atoms with E-state index in [1.165, 1.54) is 0 Å². The van der Waals surface area contributed by atoms with E-state index in [1.807, 2.05) is 39.8 Å². The van der Waals surface area contributed by atoms with E-state index in [0.717, 1.165) is 5.69 Å². The van der Waals surface area contributed by atoms with Crippen molar-refractivity contribution in [2.75, 3.05) is 13.1 Å². The molecule has 29 heavy (non-hydrogen) atoms. The molecule has 0 spiro atoms. The number of nitrogens with one attached hydrogen (secondary N) is 1. The quantitative estimate of drug-likeness (QED) is 0.820. The molecule has 0 saturated carbocycles. The van der Waals surface area contributed by atoms with Crippen LogP contribution in [0.4, 0.5) is 4.79 Å². The van der Waals surface area contributed by atoms with Gasteiger partial charge in [-0.15, -0.1) is 0 Å². The molecule has 8 heteroatoms. The van der Waals surface area contributed by atoms with E-state index < -0.39 is 5.60 Å². The van der Waals surface area contributed by atoms with Gasteiger partial charge >= 0.3 is 6.09 Å². The van der Waals surface area contributed by atoms with Crippen LogP contribution in [-0.2, 0) is 4.74 Å². The van der Waals surface area contributed by atoms with Crippen LogP contribution in [-0.4, -0.2) is 51.4 Å². The van der Waals surface area contributed by atoms with Gasteiger partial charge in [0.05, 0.1) is 17.4 Å². The summed E-state index contributed by atoms with van der Waals surface area (Å²) >= 11 is 5.91. The summed E-state index contributed by atoms with van der Waals surface area (Å²) in [4.78, 5) is 26.6. The second-order valence-corrected chi connectivity index (χ2v) is 8.86. The Kier molecular flexibility index (Phi) is 6.17. The molecule has 1 aromatic carbocycles. The fraction of sp³-hybridized carbons (Fsp3) is 0.476. The number of likely N-dealkylation sites (tertiary alicyclic amines) is 1. The number of hydrogen-bond donors (Lipinski definition) is 1. The van der Waals surface area contributed by atoms with Crippen molar-refractivity contribution in [1.82, 2.24) is 20.0 Å². The summed E-state index contributed by atoms with van der Waals surface area (Å²) in [6.45, 7) is 8.68. The largest absolute Gasteiger partial charge is 0.444 e. The van der Waals surface area contributed by atoms with Crippen LogP contribution < -0.4 is 5.32 Å². The molecule has 0 aliphatic carbocycles. The predicted molar refractivity (Wildman–Crippen MR) is 111 cm³/mol. The number of carbonyl (C=O) groups is 2. The Balaban J connectivity index is 1.58. The molecule has 7 nitrogen and oxygen atoms in total. The first-order valence-corrected chi connectivity index (χ1v) is 10.1. The average molecular weight is 419 g/mol. The predicted octanol–water partition coefficient (Wildman–Crippen LogP) is 3.90. The Morgan fingerprint density at radius 2 is 1.93 bits per heavy atom. The maximum atomic E-state index is 12.7. The lowest BCUT2D eigenvalue weighted by molar-refractivity contribution is 0.0145. The third-order valence-corrected chi connectivity index (χ3v) is 5.06. The summed E-state index contributed by atoms with van der Waals surface area (Å²) in [5.74, 6) is -0.0562. The first-order chi connectivity index (χ1) is 13.6. The molecule has 1 aliphatic rings. The number of carbonyl (C=O) groups excluding carboxylic acids is 2. The van der Waals surface area contributed by atoms with Gasteiger partial charge in [-0.2, -0.15) is 5.10 Å². The number of nitrogens with zero attached hydrogens (tertiary/aromatic N) is 3. The highest BCUT2D eigenvalue weighted by Crippen LogP contribution is 2.20. The van der Waals surface area contributed by atoms with Crippen molar-refractivity contribution in [3.8, 4) is 5.69 Å². The Morgan fingerprint density at radius 1 is 1.24 bits per heavy atom. The summed E-state index contributed by atoms with van der Waals surface area (Å²) in [6.07, 6.45) is 3.61. The SMILES string of the molecule is CC1CN(C(=O)OC(C)(C)C)CCC1NC(=O)c1cnn(-c2ccc(Cl)cc2)c1. The maximum absolute atomic E-state index is 12.7. The zero-order valence-electron chi connectivity index (χ0n) is 17.2. The number of ether oxygens (including phenoxy) is 1. The number of hydrogen-bond acceptors (Lipinski definition) is 4. The molecule has 2 amide bonds. The van der Waals surface area contributed by atoms with Crippen LogP contribution in [0.15, 0.2) is 36.7 Å². The lowest BCUT2D eigenvalue weighted by Gasteiger charge is -2.37. The Hall–Kier alpha value is -2.54. The second-order valence-electron chi connectivity index (χ2n) is 8.42. The van der Waals surface area contributed by atoms with Crippen LogP contribution in [0, 0.1) is 5.92 Å². The summed E-state index contributed by atoms with van der Waals surface area (Å²) in [5.41, 5.74) is 0.796. The second kappa shape index (κ2) is 8.45. The molecule has 2 unspecified atom stereocenters. The summed E-state index contributed by atoms with van der Waals surface area (Å²) in [6, 6.07) is 7.22. The van der Waals surface area contributed by atoms with E-state index >= 15 is 0 Å². The molecule has 1 N–H and O–H groups in total. The van der Waals surface area contributed by atoms with Gasteiger partial charge in [0, 0.05) is 30.4 Å². The van der Waals surface area contributed by atoms with Gasteiger partial charge in [0.1, 0.15) is 5.60 Å². The molecular weight excluding hydrogens is 392 g/mol. The first-order valence-electron chi connectivity index (χ1n) is 9.72. The molecule has 0 bridgehead atoms. The summed E-state index contributed by atoms with van der Waals surface area (Å²) in [7, 11) is 0. The molecule has 2 aromatic rings. The lowest BCUT2D eigenvalue weighted by Crippen LogP contribution is -2.52. The fourth-order valence-electron chi connectivity index (χ4n) is 3.28. The van der Waals surface area contributed by atoms with E-state index in [4.69, 9.17) is 16.3 Å². The number of aromatic nitrogens is 2. The standard InChI is InChI=1S/C21H27ClN4O3/c1-14-12-25(20(28)29-21(2,3)4)10-9-18(14)24-19(27)15-11-23-26(13-15)17-7-5-16(22)6-8-17/h5-8,11,13-14,18H,9-10,12H2,1-4H3,(H,24,27). The maximum Gasteiger partial charge on any atom is 0.410 e.